The van der Waals surface area contributed by atoms with Gasteiger partial charge in [-0.25, -0.2) is 4.98 Å². The number of rotatable bonds is 4. The summed E-state index contributed by atoms with van der Waals surface area (Å²) in [5, 5.41) is 0. The minimum Gasteiger partial charge on any atom is -0.326 e. The number of imidazole rings is 1. The van der Waals surface area contributed by atoms with Crippen molar-refractivity contribution in [2.24, 2.45) is 5.73 Å². The smallest absolute Gasteiger partial charge is 0.114 e. The van der Waals surface area contributed by atoms with Gasteiger partial charge < -0.3 is 10.3 Å². The average Bonchev–Trinajstić information content (AvgIpc) is 3.29. The zero-order valence-electron chi connectivity index (χ0n) is 11.9. The molecule has 0 amide bonds. The lowest BCUT2D eigenvalue weighted by Crippen LogP contribution is -2.02. The van der Waals surface area contributed by atoms with Crippen LogP contribution in [0.25, 0.3) is 11.0 Å². The minimum atomic E-state index is 0.560. The molecule has 0 bridgehead atoms. The Labute approximate surface area is 123 Å². The predicted molar refractivity (Wildman–Crippen MR) is 82.9 cm³/mol. The van der Waals surface area contributed by atoms with Crippen LogP contribution in [0.2, 0.25) is 0 Å². The number of pyridine rings is 1. The van der Waals surface area contributed by atoms with Gasteiger partial charge in [0, 0.05) is 31.4 Å². The van der Waals surface area contributed by atoms with E-state index in [1.54, 1.807) is 6.20 Å². The number of aromatic nitrogens is 3. The second-order valence-electron chi connectivity index (χ2n) is 5.69. The molecule has 0 saturated heterocycles. The highest BCUT2D eigenvalue weighted by atomic mass is 15.1. The van der Waals surface area contributed by atoms with Gasteiger partial charge in [-0.2, -0.15) is 0 Å². The molecule has 4 rings (SSSR count). The van der Waals surface area contributed by atoms with Crippen LogP contribution in [0.3, 0.4) is 0 Å². The predicted octanol–water partition coefficient (Wildman–Crippen LogP) is 2.82. The van der Waals surface area contributed by atoms with Crippen LogP contribution in [0.15, 0.2) is 42.7 Å². The summed E-state index contributed by atoms with van der Waals surface area (Å²) in [7, 11) is 0. The Hall–Kier alpha value is -2.20. The first-order valence-corrected chi connectivity index (χ1v) is 7.44. The van der Waals surface area contributed by atoms with Gasteiger partial charge in [0.1, 0.15) is 5.82 Å². The van der Waals surface area contributed by atoms with E-state index in [-0.39, 0.29) is 0 Å². The molecule has 0 spiro atoms. The first kappa shape index (κ1) is 12.5. The van der Waals surface area contributed by atoms with E-state index < -0.39 is 0 Å². The Bertz CT molecular complexity index is 772. The van der Waals surface area contributed by atoms with E-state index in [0.29, 0.717) is 12.6 Å². The van der Waals surface area contributed by atoms with E-state index in [1.807, 2.05) is 12.3 Å². The van der Waals surface area contributed by atoms with Gasteiger partial charge in [0.25, 0.3) is 0 Å². The van der Waals surface area contributed by atoms with Crippen LogP contribution in [-0.2, 0) is 13.0 Å². The molecule has 0 aliphatic heterocycles. The van der Waals surface area contributed by atoms with Crippen LogP contribution < -0.4 is 5.73 Å². The molecule has 4 nitrogen and oxygen atoms in total. The lowest BCUT2D eigenvalue weighted by atomic mass is 10.2. The number of hydrogen-bond acceptors (Lipinski definition) is 3. The van der Waals surface area contributed by atoms with Crippen molar-refractivity contribution < 1.29 is 0 Å². The van der Waals surface area contributed by atoms with E-state index in [0.717, 1.165) is 23.3 Å². The first-order valence-electron chi connectivity index (χ1n) is 7.44. The van der Waals surface area contributed by atoms with Gasteiger partial charge in [-0.3, -0.25) is 4.98 Å². The zero-order valence-corrected chi connectivity index (χ0v) is 11.9. The van der Waals surface area contributed by atoms with Crippen molar-refractivity contribution in [2.45, 2.75) is 31.8 Å². The van der Waals surface area contributed by atoms with Gasteiger partial charge in [-0.05, 0) is 42.2 Å². The van der Waals surface area contributed by atoms with Crippen LogP contribution >= 0.6 is 0 Å². The molecule has 21 heavy (non-hydrogen) atoms. The Morgan fingerprint density at radius 1 is 1.19 bits per heavy atom. The van der Waals surface area contributed by atoms with Gasteiger partial charge in [-0.15, -0.1) is 0 Å². The summed E-state index contributed by atoms with van der Waals surface area (Å²) in [6, 6.07) is 11.1. The van der Waals surface area contributed by atoms with Crippen LogP contribution in [0.5, 0.6) is 0 Å². The molecule has 2 N–H and O–H groups in total. The monoisotopic (exact) mass is 278 g/mol. The highest BCUT2D eigenvalue weighted by Gasteiger charge is 2.28. The van der Waals surface area contributed by atoms with Crippen LogP contribution in [0, 0.1) is 0 Å². The maximum Gasteiger partial charge on any atom is 0.114 e. The number of nitrogens with zero attached hydrogens (tertiary/aromatic N) is 3. The maximum absolute atomic E-state index is 5.74. The summed E-state index contributed by atoms with van der Waals surface area (Å²) in [4.78, 5) is 9.06. The highest BCUT2D eigenvalue weighted by molar-refractivity contribution is 5.77. The van der Waals surface area contributed by atoms with E-state index >= 15 is 0 Å². The van der Waals surface area contributed by atoms with E-state index in [1.165, 1.54) is 23.9 Å². The quantitative estimate of drug-likeness (QED) is 0.798. The molecular formula is C17H18N4. The van der Waals surface area contributed by atoms with Crippen molar-refractivity contribution in [3.05, 3.63) is 59.7 Å². The topological polar surface area (TPSA) is 56.7 Å². The third-order valence-corrected chi connectivity index (χ3v) is 4.06. The summed E-state index contributed by atoms with van der Waals surface area (Å²) in [6.45, 7) is 0.560. The average molecular weight is 278 g/mol. The van der Waals surface area contributed by atoms with Crippen LogP contribution in [0.4, 0.5) is 0 Å². The summed E-state index contributed by atoms with van der Waals surface area (Å²) < 4.78 is 2.41. The number of nitrogens with two attached hydrogens (primary N) is 1. The molecule has 2 aromatic heterocycles. The fraction of sp³-hybridized carbons (Fsp3) is 0.294. The fourth-order valence-corrected chi connectivity index (χ4v) is 2.87. The summed E-state index contributed by atoms with van der Waals surface area (Å²) >= 11 is 0. The summed E-state index contributed by atoms with van der Waals surface area (Å²) in [5.74, 6) is 1.13. The van der Waals surface area contributed by atoms with Crippen molar-refractivity contribution in [3.8, 4) is 0 Å². The Kier molecular flexibility index (Phi) is 2.97. The second-order valence-corrected chi connectivity index (χ2v) is 5.69. The Morgan fingerprint density at radius 2 is 2.10 bits per heavy atom. The molecule has 3 aromatic rings. The summed E-state index contributed by atoms with van der Waals surface area (Å²) in [5.41, 5.74) is 10.4. The molecule has 2 heterocycles. The van der Waals surface area contributed by atoms with E-state index in [9.17, 15) is 0 Å². The van der Waals surface area contributed by atoms with Crippen molar-refractivity contribution in [2.75, 3.05) is 0 Å². The van der Waals surface area contributed by atoms with Crippen LogP contribution in [0.1, 0.15) is 35.8 Å². The minimum absolute atomic E-state index is 0.560. The van der Waals surface area contributed by atoms with Crippen molar-refractivity contribution in [3.63, 3.8) is 0 Å². The largest absolute Gasteiger partial charge is 0.326 e. The van der Waals surface area contributed by atoms with E-state index in [2.05, 4.69) is 33.8 Å². The number of benzene rings is 1. The van der Waals surface area contributed by atoms with Crippen LogP contribution in [-0.4, -0.2) is 14.5 Å². The van der Waals surface area contributed by atoms with Gasteiger partial charge in [0.05, 0.1) is 11.0 Å². The zero-order chi connectivity index (χ0) is 14.2. The second kappa shape index (κ2) is 4.97. The number of hydrogen-bond donors (Lipinski definition) is 1. The van der Waals surface area contributed by atoms with Gasteiger partial charge in [0.2, 0.25) is 0 Å². The molecular weight excluding hydrogens is 260 g/mol. The standard InChI is InChI=1S/C17H18N4/c18-10-12-3-6-16-15(8-12)20-17(21(16)14-4-5-14)9-13-2-1-7-19-11-13/h1-3,6-8,11,14H,4-5,9-10,18H2. The van der Waals surface area contributed by atoms with E-state index in [4.69, 9.17) is 10.7 Å². The molecule has 0 atom stereocenters. The lowest BCUT2D eigenvalue weighted by molar-refractivity contribution is 0.715. The van der Waals surface area contributed by atoms with Crippen molar-refractivity contribution >= 4 is 11.0 Å². The van der Waals surface area contributed by atoms with Gasteiger partial charge in [-0.1, -0.05) is 12.1 Å². The molecule has 4 heteroatoms. The molecule has 1 fully saturated rings. The molecule has 0 unspecified atom stereocenters. The molecule has 0 radical (unpaired) electrons. The fourth-order valence-electron chi connectivity index (χ4n) is 2.87. The Morgan fingerprint density at radius 3 is 2.81 bits per heavy atom. The lowest BCUT2D eigenvalue weighted by Gasteiger charge is -2.07. The molecule has 1 aliphatic carbocycles. The highest BCUT2D eigenvalue weighted by Crippen LogP contribution is 2.39. The van der Waals surface area contributed by atoms with Crippen molar-refractivity contribution in [1.82, 2.24) is 14.5 Å². The summed E-state index contributed by atoms with van der Waals surface area (Å²) in [6.07, 6.45) is 7.06. The van der Waals surface area contributed by atoms with Crippen molar-refractivity contribution in [1.29, 1.82) is 0 Å². The van der Waals surface area contributed by atoms with Gasteiger partial charge in [0.15, 0.2) is 0 Å². The molecule has 1 aromatic carbocycles. The molecule has 1 aliphatic rings. The third kappa shape index (κ3) is 2.32. The molecule has 106 valence electrons. The third-order valence-electron chi connectivity index (χ3n) is 4.06. The number of fused-ring (bicyclic) bond motifs is 1. The molecule has 1 saturated carbocycles. The van der Waals surface area contributed by atoms with Gasteiger partial charge >= 0.3 is 0 Å². The SMILES string of the molecule is NCc1ccc2c(c1)nc(Cc1cccnc1)n2C1CC1. The maximum atomic E-state index is 5.74. The normalized spacial score (nSPS) is 14.7. The Balaban J connectivity index is 1.81. The first-order chi connectivity index (χ1) is 10.3.